The summed E-state index contributed by atoms with van der Waals surface area (Å²) in [6.45, 7) is 0. The molecule has 2 N–H and O–H groups in total. The number of nitrogens with two attached hydrogens (primary N) is 1. The molecule has 0 aromatic heterocycles. The Morgan fingerprint density at radius 2 is 1.41 bits per heavy atom. The van der Waals surface area contributed by atoms with Crippen LogP contribution in [0.15, 0.2) is 48.5 Å². The van der Waals surface area contributed by atoms with E-state index >= 15 is 0 Å². The molecule has 2 nitrogen and oxygen atoms in total. The normalized spacial score (nSPS) is 10.9. The maximum absolute atomic E-state index is 5.80. The highest BCUT2D eigenvalue weighted by molar-refractivity contribution is 5.99. The lowest BCUT2D eigenvalue weighted by molar-refractivity contribution is 0.415. The highest BCUT2D eigenvalue weighted by Gasteiger charge is 2.00. The zero-order chi connectivity index (χ0) is 11.8. The van der Waals surface area contributed by atoms with Crippen LogP contribution in [0.25, 0.3) is 21.5 Å². The van der Waals surface area contributed by atoms with Gasteiger partial charge in [0.05, 0.1) is 7.11 Å². The number of hydrogen-bond donors (Lipinski definition) is 1. The lowest BCUT2D eigenvalue weighted by Crippen LogP contribution is -1.85. The molecule has 0 saturated carbocycles. The maximum atomic E-state index is 5.80. The summed E-state index contributed by atoms with van der Waals surface area (Å²) in [5, 5.41) is 4.74. The number of nitrogen functional groups attached to an aromatic ring is 1. The molecular weight excluding hydrogens is 210 g/mol. The SMILES string of the molecule is COc1ccc2cc3ccc(N)cc3cc2c1. The standard InChI is InChI=1S/C15H13NO/c1-17-15-5-3-11-6-10-2-4-14(16)8-12(10)7-13(11)9-15/h2-9H,16H2,1H3. The molecule has 0 aliphatic carbocycles. The monoisotopic (exact) mass is 223 g/mol. The fourth-order valence-corrected chi connectivity index (χ4v) is 2.12. The van der Waals surface area contributed by atoms with Crippen molar-refractivity contribution in [3.05, 3.63) is 48.5 Å². The Morgan fingerprint density at radius 3 is 2.18 bits per heavy atom. The van der Waals surface area contributed by atoms with Crippen molar-refractivity contribution in [2.75, 3.05) is 12.8 Å². The first-order valence-electron chi connectivity index (χ1n) is 5.53. The number of ether oxygens (including phenoxy) is 1. The first-order chi connectivity index (χ1) is 8.26. The van der Waals surface area contributed by atoms with E-state index in [1.807, 2.05) is 30.3 Å². The lowest BCUT2D eigenvalue weighted by Gasteiger charge is -2.05. The third kappa shape index (κ3) is 1.68. The summed E-state index contributed by atoms with van der Waals surface area (Å²) >= 11 is 0. The van der Waals surface area contributed by atoms with Gasteiger partial charge in [-0.25, -0.2) is 0 Å². The van der Waals surface area contributed by atoms with Gasteiger partial charge in [0.2, 0.25) is 0 Å². The summed E-state index contributed by atoms with van der Waals surface area (Å²) in [5.74, 6) is 0.876. The number of fused-ring (bicyclic) bond motifs is 2. The first kappa shape index (κ1) is 9.97. The first-order valence-corrected chi connectivity index (χ1v) is 5.53. The molecule has 0 aliphatic rings. The summed E-state index contributed by atoms with van der Waals surface area (Å²) < 4.78 is 5.23. The van der Waals surface area contributed by atoms with Crippen molar-refractivity contribution in [3.63, 3.8) is 0 Å². The second-order valence-electron chi connectivity index (χ2n) is 4.17. The van der Waals surface area contributed by atoms with Crippen molar-refractivity contribution < 1.29 is 4.74 Å². The zero-order valence-electron chi connectivity index (χ0n) is 9.60. The van der Waals surface area contributed by atoms with Gasteiger partial charge in [0, 0.05) is 5.69 Å². The molecule has 0 atom stereocenters. The van der Waals surface area contributed by atoms with Gasteiger partial charge in [0.15, 0.2) is 0 Å². The van der Waals surface area contributed by atoms with E-state index in [1.54, 1.807) is 7.11 Å². The lowest BCUT2D eigenvalue weighted by atomic mass is 10.0. The van der Waals surface area contributed by atoms with Gasteiger partial charge in [-0.1, -0.05) is 12.1 Å². The van der Waals surface area contributed by atoms with Crippen molar-refractivity contribution in [2.24, 2.45) is 0 Å². The van der Waals surface area contributed by atoms with E-state index in [4.69, 9.17) is 10.5 Å². The van der Waals surface area contributed by atoms with Crippen LogP contribution < -0.4 is 10.5 Å². The predicted octanol–water partition coefficient (Wildman–Crippen LogP) is 3.58. The Hall–Kier alpha value is -2.22. The van der Waals surface area contributed by atoms with Crippen molar-refractivity contribution in [2.45, 2.75) is 0 Å². The highest BCUT2D eigenvalue weighted by Crippen LogP contribution is 2.27. The minimum atomic E-state index is 0.791. The Kier molecular flexibility index (Phi) is 2.15. The quantitative estimate of drug-likeness (QED) is 0.505. The van der Waals surface area contributed by atoms with Gasteiger partial charge in [-0.3, -0.25) is 0 Å². The average Bonchev–Trinajstić information content (AvgIpc) is 2.35. The van der Waals surface area contributed by atoms with Crippen molar-refractivity contribution in [1.29, 1.82) is 0 Å². The van der Waals surface area contributed by atoms with E-state index in [-0.39, 0.29) is 0 Å². The van der Waals surface area contributed by atoms with Gasteiger partial charge in [-0.2, -0.15) is 0 Å². The Labute approximate surface area is 99.6 Å². The van der Waals surface area contributed by atoms with Gasteiger partial charge in [0.25, 0.3) is 0 Å². The predicted molar refractivity (Wildman–Crippen MR) is 72.4 cm³/mol. The molecule has 0 saturated heterocycles. The van der Waals surface area contributed by atoms with Crippen LogP contribution in [0, 0.1) is 0 Å². The largest absolute Gasteiger partial charge is 0.497 e. The molecule has 2 heteroatoms. The minimum absolute atomic E-state index is 0.791. The molecule has 3 aromatic carbocycles. The van der Waals surface area contributed by atoms with E-state index in [0.717, 1.165) is 16.8 Å². The van der Waals surface area contributed by atoms with Crippen LogP contribution >= 0.6 is 0 Å². The molecule has 0 unspecified atom stereocenters. The summed E-state index contributed by atoms with van der Waals surface area (Å²) in [4.78, 5) is 0. The molecule has 0 fully saturated rings. The number of rotatable bonds is 1. The molecule has 0 bridgehead atoms. The van der Waals surface area contributed by atoms with E-state index in [1.165, 1.54) is 16.2 Å². The van der Waals surface area contributed by atoms with Gasteiger partial charge < -0.3 is 10.5 Å². The minimum Gasteiger partial charge on any atom is -0.497 e. The third-order valence-electron chi connectivity index (χ3n) is 3.03. The van der Waals surface area contributed by atoms with Crippen LogP contribution in [-0.2, 0) is 0 Å². The van der Waals surface area contributed by atoms with E-state index < -0.39 is 0 Å². The summed E-state index contributed by atoms with van der Waals surface area (Å²) in [6.07, 6.45) is 0. The Balaban J connectivity index is 2.36. The second-order valence-corrected chi connectivity index (χ2v) is 4.17. The van der Waals surface area contributed by atoms with Crippen LogP contribution in [0.5, 0.6) is 5.75 Å². The van der Waals surface area contributed by atoms with E-state index in [9.17, 15) is 0 Å². The molecule has 17 heavy (non-hydrogen) atoms. The fraction of sp³-hybridized carbons (Fsp3) is 0.0667. The van der Waals surface area contributed by atoms with Crippen molar-refractivity contribution in [3.8, 4) is 5.75 Å². The van der Waals surface area contributed by atoms with Gasteiger partial charge in [-0.15, -0.1) is 0 Å². The molecule has 0 heterocycles. The van der Waals surface area contributed by atoms with Crippen molar-refractivity contribution in [1.82, 2.24) is 0 Å². The van der Waals surface area contributed by atoms with E-state index in [0.29, 0.717) is 0 Å². The molecule has 0 radical (unpaired) electrons. The van der Waals surface area contributed by atoms with Crippen LogP contribution in [0.1, 0.15) is 0 Å². The summed E-state index contributed by atoms with van der Waals surface area (Å²) in [7, 11) is 1.68. The molecule has 84 valence electrons. The van der Waals surface area contributed by atoms with Crippen LogP contribution in [0.2, 0.25) is 0 Å². The second kappa shape index (κ2) is 3.67. The number of anilines is 1. The van der Waals surface area contributed by atoms with Gasteiger partial charge >= 0.3 is 0 Å². The smallest absolute Gasteiger partial charge is 0.119 e. The maximum Gasteiger partial charge on any atom is 0.119 e. The van der Waals surface area contributed by atoms with Crippen LogP contribution in [0.4, 0.5) is 5.69 Å². The van der Waals surface area contributed by atoms with Gasteiger partial charge in [-0.05, 0) is 57.9 Å². The summed E-state index contributed by atoms with van der Waals surface area (Å²) in [6, 6.07) is 16.4. The third-order valence-corrected chi connectivity index (χ3v) is 3.03. The number of hydrogen-bond acceptors (Lipinski definition) is 2. The highest BCUT2D eigenvalue weighted by atomic mass is 16.5. The van der Waals surface area contributed by atoms with Crippen LogP contribution in [-0.4, -0.2) is 7.11 Å². The zero-order valence-corrected chi connectivity index (χ0v) is 9.60. The van der Waals surface area contributed by atoms with E-state index in [2.05, 4.69) is 18.2 Å². The molecule has 0 aliphatic heterocycles. The van der Waals surface area contributed by atoms with Crippen LogP contribution in [0.3, 0.4) is 0 Å². The molecule has 3 aromatic rings. The van der Waals surface area contributed by atoms with Crippen molar-refractivity contribution >= 4 is 27.2 Å². The number of methoxy groups -OCH3 is 1. The summed E-state index contributed by atoms with van der Waals surface area (Å²) in [5.41, 5.74) is 6.59. The average molecular weight is 223 g/mol. The molecule has 0 amide bonds. The Bertz CT molecular complexity index is 704. The Morgan fingerprint density at radius 1 is 0.765 bits per heavy atom. The van der Waals surface area contributed by atoms with Gasteiger partial charge in [0.1, 0.15) is 5.75 Å². The molecule has 0 spiro atoms. The molecular formula is C15H13NO. The fourth-order valence-electron chi connectivity index (χ4n) is 2.12. The number of benzene rings is 3. The topological polar surface area (TPSA) is 35.2 Å². The molecule has 3 rings (SSSR count).